The Labute approximate surface area is 154 Å². The van der Waals surface area contributed by atoms with E-state index in [4.69, 9.17) is 4.74 Å². The Bertz CT molecular complexity index is 966. The van der Waals surface area contributed by atoms with E-state index in [2.05, 4.69) is 20.6 Å². The van der Waals surface area contributed by atoms with Crippen LogP contribution in [0.25, 0.3) is 0 Å². The van der Waals surface area contributed by atoms with Gasteiger partial charge >= 0.3 is 0 Å². The standard InChI is InChI=1S/C19H16F2N4O2/c1-27-17-5-3-2-4-12(17)11-23-18(26)16-8-9-22-19(25-16)24-13-6-7-14(20)15(21)10-13/h2-10H,11H2,1H3,(H,23,26)(H,22,24,25). The van der Waals surface area contributed by atoms with Gasteiger partial charge in [-0.1, -0.05) is 18.2 Å². The maximum atomic E-state index is 13.3. The van der Waals surface area contributed by atoms with Crippen molar-refractivity contribution in [3.05, 3.63) is 77.6 Å². The maximum absolute atomic E-state index is 13.3. The number of carbonyl (C=O) groups excluding carboxylic acids is 1. The first kappa shape index (κ1) is 18.2. The number of benzene rings is 2. The Balaban J connectivity index is 1.69. The second kappa shape index (κ2) is 8.22. The van der Waals surface area contributed by atoms with E-state index < -0.39 is 17.5 Å². The lowest BCUT2D eigenvalue weighted by molar-refractivity contribution is 0.0945. The van der Waals surface area contributed by atoms with E-state index in [0.29, 0.717) is 5.75 Å². The summed E-state index contributed by atoms with van der Waals surface area (Å²) in [5.74, 6) is -1.60. The molecule has 27 heavy (non-hydrogen) atoms. The molecule has 0 aliphatic carbocycles. The number of ether oxygens (including phenoxy) is 1. The van der Waals surface area contributed by atoms with Gasteiger partial charge in [0.2, 0.25) is 5.95 Å². The maximum Gasteiger partial charge on any atom is 0.270 e. The molecule has 0 fully saturated rings. The van der Waals surface area contributed by atoms with E-state index in [1.165, 1.54) is 18.3 Å². The van der Waals surface area contributed by atoms with Crippen LogP contribution in [0.5, 0.6) is 5.75 Å². The lowest BCUT2D eigenvalue weighted by atomic mass is 10.2. The molecule has 0 aliphatic heterocycles. The van der Waals surface area contributed by atoms with Gasteiger partial charge < -0.3 is 15.4 Å². The number of aromatic nitrogens is 2. The molecule has 1 amide bonds. The summed E-state index contributed by atoms with van der Waals surface area (Å²) in [5, 5.41) is 5.48. The highest BCUT2D eigenvalue weighted by Crippen LogP contribution is 2.18. The third-order valence-electron chi connectivity index (χ3n) is 3.70. The summed E-state index contributed by atoms with van der Waals surface area (Å²) in [5.41, 5.74) is 1.22. The number of carbonyl (C=O) groups is 1. The van der Waals surface area contributed by atoms with Gasteiger partial charge in [0.1, 0.15) is 11.4 Å². The van der Waals surface area contributed by atoms with Crippen LogP contribution in [0.3, 0.4) is 0 Å². The topological polar surface area (TPSA) is 76.1 Å². The van der Waals surface area contributed by atoms with Crippen molar-refractivity contribution in [1.82, 2.24) is 15.3 Å². The zero-order valence-corrected chi connectivity index (χ0v) is 14.4. The van der Waals surface area contributed by atoms with Gasteiger partial charge in [-0.3, -0.25) is 4.79 Å². The fourth-order valence-electron chi connectivity index (χ4n) is 2.36. The van der Waals surface area contributed by atoms with Crippen molar-refractivity contribution in [2.75, 3.05) is 12.4 Å². The lowest BCUT2D eigenvalue weighted by Gasteiger charge is -2.10. The molecule has 0 saturated carbocycles. The molecule has 0 spiro atoms. The van der Waals surface area contributed by atoms with Gasteiger partial charge in [-0.25, -0.2) is 18.7 Å². The molecule has 0 atom stereocenters. The van der Waals surface area contributed by atoms with E-state index in [1.54, 1.807) is 13.2 Å². The van der Waals surface area contributed by atoms with Gasteiger partial charge in [0, 0.05) is 30.1 Å². The summed E-state index contributed by atoms with van der Waals surface area (Å²) >= 11 is 0. The summed E-state index contributed by atoms with van der Waals surface area (Å²) in [6.45, 7) is 0.263. The highest BCUT2D eigenvalue weighted by Gasteiger charge is 2.11. The molecule has 0 unspecified atom stereocenters. The van der Waals surface area contributed by atoms with E-state index in [1.807, 2.05) is 18.2 Å². The summed E-state index contributed by atoms with van der Waals surface area (Å²) in [6, 6.07) is 12.1. The third-order valence-corrected chi connectivity index (χ3v) is 3.70. The van der Waals surface area contributed by atoms with Crippen LogP contribution in [0.1, 0.15) is 16.1 Å². The lowest BCUT2D eigenvalue weighted by Crippen LogP contribution is -2.24. The summed E-state index contributed by atoms with van der Waals surface area (Å²) in [7, 11) is 1.56. The van der Waals surface area contributed by atoms with E-state index in [-0.39, 0.29) is 23.9 Å². The first-order valence-electron chi connectivity index (χ1n) is 8.02. The minimum atomic E-state index is -0.995. The van der Waals surface area contributed by atoms with Crippen molar-refractivity contribution < 1.29 is 18.3 Å². The average molecular weight is 370 g/mol. The fourth-order valence-corrected chi connectivity index (χ4v) is 2.36. The number of hydrogen-bond acceptors (Lipinski definition) is 5. The summed E-state index contributed by atoms with van der Waals surface area (Å²) in [4.78, 5) is 20.4. The number of amides is 1. The molecular weight excluding hydrogens is 354 g/mol. The quantitative estimate of drug-likeness (QED) is 0.695. The molecule has 6 nitrogen and oxygen atoms in total. The molecule has 8 heteroatoms. The second-order valence-electron chi connectivity index (χ2n) is 5.51. The second-order valence-corrected chi connectivity index (χ2v) is 5.51. The van der Waals surface area contributed by atoms with Crippen molar-refractivity contribution >= 4 is 17.5 Å². The molecule has 2 aromatic carbocycles. The summed E-state index contributed by atoms with van der Waals surface area (Å²) < 4.78 is 31.5. The zero-order valence-electron chi connectivity index (χ0n) is 14.4. The molecule has 0 saturated heterocycles. The van der Waals surface area contributed by atoms with E-state index in [9.17, 15) is 13.6 Å². The first-order valence-corrected chi connectivity index (χ1v) is 8.02. The third kappa shape index (κ3) is 4.55. The van der Waals surface area contributed by atoms with Gasteiger partial charge in [-0.15, -0.1) is 0 Å². The van der Waals surface area contributed by atoms with Crippen LogP contribution >= 0.6 is 0 Å². The van der Waals surface area contributed by atoms with Crippen LogP contribution in [0.15, 0.2) is 54.7 Å². The van der Waals surface area contributed by atoms with Crippen molar-refractivity contribution in [2.24, 2.45) is 0 Å². The van der Waals surface area contributed by atoms with Gasteiger partial charge in [-0.05, 0) is 24.3 Å². The van der Waals surface area contributed by atoms with Crippen LogP contribution in [-0.4, -0.2) is 23.0 Å². The number of nitrogens with zero attached hydrogens (tertiary/aromatic N) is 2. The number of halogens is 2. The number of methoxy groups -OCH3 is 1. The fraction of sp³-hybridized carbons (Fsp3) is 0.105. The largest absolute Gasteiger partial charge is 0.496 e. The molecule has 138 valence electrons. The first-order chi connectivity index (χ1) is 13.1. The molecule has 3 aromatic rings. The molecule has 1 aromatic heterocycles. The Kier molecular flexibility index (Phi) is 5.55. The van der Waals surface area contributed by atoms with Crippen LogP contribution < -0.4 is 15.4 Å². The van der Waals surface area contributed by atoms with Gasteiger partial charge in [-0.2, -0.15) is 0 Å². The summed E-state index contributed by atoms with van der Waals surface area (Å²) in [6.07, 6.45) is 1.40. The number of para-hydroxylation sites is 1. The minimum absolute atomic E-state index is 0.0888. The number of nitrogens with one attached hydrogen (secondary N) is 2. The molecule has 0 bridgehead atoms. The molecule has 3 rings (SSSR count). The van der Waals surface area contributed by atoms with E-state index in [0.717, 1.165) is 17.7 Å². The highest BCUT2D eigenvalue weighted by molar-refractivity contribution is 5.92. The van der Waals surface area contributed by atoms with Crippen molar-refractivity contribution in [1.29, 1.82) is 0 Å². The van der Waals surface area contributed by atoms with Crippen LogP contribution in [0.4, 0.5) is 20.4 Å². The average Bonchev–Trinajstić information content (AvgIpc) is 2.69. The smallest absolute Gasteiger partial charge is 0.270 e. The normalized spacial score (nSPS) is 10.3. The van der Waals surface area contributed by atoms with Crippen LogP contribution in [0.2, 0.25) is 0 Å². The van der Waals surface area contributed by atoms with Crippen molar-refractivity contribution in [3.63, 3.8) is 0 Å². The number of rotatable bonds is 6. The molecule has 1 heterocycles. The number of hydrogen-bond donors (Lipinski definition) is 2. The zero-order chi connectivity index (χ0) is 19.2. The molecular formula is C19H16F2N4O2. The van der Waals surface area contributed by atoms with Gasteiger partial charge in [0.15, 0.2) is 11.6 Å². The Morgan fingerprint density at radius 2 is 1.93 bits per heavy atom. The Morgan fingerprint density at radius 1 is 1.11 bits per heavy atom. The predicted molar refractivity (Wildman–Crippen MR) is 95.8 cm³/mol. The van der Waals surface area contributed by atoms with Crippen molar-refractivity contribution in [2.45, 2.75) is 6.54 Å². The predicted octanol–water partition coefficient (Wildman–Crippen LogP) is 3.44. The molecule has 0 radical (unpaired) electrons. The monoisotopic (exact) mass is 370 g/mol. The van der Waals surface area contributed by atoms with Crippen LogP contribution in [0, 0.1) is 11.6 Å². The van der Waals surface area contributed by atoms with E-state index >= 15 is 0 Å². The van der Waals surface area contributed by atoms with Crippen molar-refractivity contribution in [3.8, 4) is 5.75 Å². The Hall–Kier alpha value is -3.55. The molecule has 0 aliphatic rings. The number of anilines is 2. The SMILES string of the molecule is COc1ccccc1CNC(=O)c1ccnc(Nc2ccc(F)c(F)c2)n1. The highest BCUT2D eigenvalue weighted by atomic mass is 19.2. The minimum Gasteiger partial charge on any atom is -0.496 e. The van der Waals surface area contributed by atoms with Gasteiger partial charge in [0.05, 0.1) is 7.11 Å². The van der Waals surface area contributed by atoms with Gasteiger partial charge in [0.25, 0.3) is 5.91 Å². The molecule has 2 N–H and O–H groups in total. The Morgan fingerprint density at radius 3 is 2.70 bits per heavy atom. The van der Waals surface area contributed by atoms with Crippen LogP contribution in [-0.2, 0) is 6.54 Å².